The fraction of sp³-hybridized carbons (Fsp3) is 0.438. The molecule has 45 heavy (non-hydrogen) atoms. The summed E-state index contributed by atoms with van der Waals surface area (Å²) >= 11 is 0. The smallest absolute Gasteiger partial charge is 0.411 e. The predicted octanol–water partition coefficient (Wildman–Crippen LogP) is 5.73. The van der Waals surface area contributed by atoms with Crippen LogP contribution in [0.5, 0.6) is 0 Å². The molecule has 0 unspecified atom stereocenters. The molecule has 1 fully saturated rings. The molecular weight excluding hydrogens is 598 g/mol. The summed E-state index contributed by atoms with van der Waals surface area (Å²) in [7, 11) is -2.16. The highest BCUT2D eigenvalue weighted by atomic mass is 28.4. The van der Waals surface area contributed by atoms with Gasteiger partial charge in [0.2, 0.25) is 5.91 Å². The molecule has 0 aliphatic carbocycles. The van der Waals surface area contributed by atoms with Crippen molar-refractivity contribution in [1.82, 2.24) is 5.32 Å². The van der Waals surface area contributed by atoms with Crippen molar-refractivity contribution >= 4 is 43.4 Å². The van der Waals surface area contributed by atoms with Gasteiger partial charge in [-0.2, -0.15) is 0 Å². The lowest BCUT2D eigenvalue weighted by Gasteiger charge is -2.44. The monoisotopic (exact) mass is 638 g/mol. The van der Waals surface area contributed by atoms with Gasteiger partial charge in [-0.25, -0.2) is 10.1 Å². The van der Waals surface area contributed by atoms with Crippen LogP contribution in [0.2, 0.25) is 18.1 Å². The van der Waals surface area contributed by atoms with Gasteiger partial charge in [-0.1, -0.05) is 45.6 Å². The molecule has 0 saturated carbocycles. The highest BCUT2D eigenvalue weighted by Crippen LogP contribution is 2.39. The number of hydrogen-bond acceptors (Lipinski definition) is 9. The second kappa shape index (κ2) is 14.6. The number of carbonyl (C=O) groups excluding carboxylic acids is 4. The normalized spacial score (nSPS) is 16.9. The largest absolute Gasteiger partial charge is 0.461 e. The Balaban J connectivity index is 1.72. The van der Waals surface area contributed by atoms with Gasteiger partial charge in [-0.3, -0.25) is 29.8 Å². The number of β-lactam (4-membered cyclic amide) rings is 1. The Kier molecular flexibility index (Phi) is 11.4. The molecule has 1 saturated heterocycles. The molecular formula is C32H40N3O9Si. The van der Waals surface area contributed by atoms with Crippen LogP contribution >= 0.6 is 0 Å². The number of nitrogens with one attached hydrogen (secondary N) is 1. The number of ether oxygens (including phenoxy) is 2. The van der Waals surface area contributed by atoms with Gasteiger partial charge in [0, 0.05) is 29.8 Å². The molecule has 1 aliphatic heterocycles. The Bertz CT molecular complexity index is 1450. The summed E-state index contributed by atoms with van der Waals surface area (Å²) in [5.74, 6) is -1.73. The molecule has 13 heteroatoms. The van der Waals surface area contributed by atoms with Crippen molar-refractivity contribution in [2.45, 2.75) is 77.4 Å². The van der Waals surface area contributed by atoms with E-state index in [0.717, 1.165) is 0 Å². The number of amides is 2. The number of anilines is 1. The summed E-state index contributed by atoms with van der Waals surface area (Å²) in [4.78, 5) is 61.1. The van der Waals surface area contributed by atoms with E-state index < -0.39 is 43.4 Å². The number of nitrogens with zero attached hydrogens (tertiary/aromatic N) is 2. The summed E-state index contributed by atoms with van der Waals surface area (Å²) in [5.41, 5.74) is 1.27. The minimum atomic E-state index is -2.16. The van der Waals surface area contributed by atoms with Crippen LogP contribution in [0.1, 0.15) is 55.6 Å². The summed E-state index contributed by atoms with van der Waals surface area (Å²) in [6.45, 7) is 15.7. The van der Waals surface area contributed by atoms with Crippen LogP contribution in [0, 0.1) is 16.0 Å². The van der Waals surface area contributed by atoms with E-state index in [1.807, 2.05) is 6.92 Å². The van der Waals surface area contributed by atoms with E-state index in [0.29, 0.717) is 11.1 Å². The zero-order chi connectivity index (χ0) is 33.5. The Morgan fingerprint density at radius 2 is 1.80 bits per heavy atom. The number of benzene rings is 2. The maximum atomic E-state index is 13.3. The first-order valence-electron chi connectivity index (χ1n) is 14.5. The zero-order valence-corrected chi connectivity index (χ0v) is 27.5. The van der Waals surface area contributed by atoms with Gasteiger partial charge in [0.1, 0.15) is 13.2 Å². The van der Waals surface area contributed by atoms with E-state index in [2.05, 4.69) is 51.1 Å². The van der Waals surface area contributed by atoms with Gasteiger partial charge in [-0.15, -0.1) is 0 Å². The topological polar surface area (TPSA) is 165 Å². The fourth-order valence-electron chi connectivity index (χ4n) is 4.51. The van der Waals surface area contributed by atoms with Crippen molar-refractivity contribution in [3.05, 3.63) is 81.9 Å². The van der Waals surface area contributed by atoms with Crippen LogP contribution in [-0.2, 0) is 36.5 Å². The number of nitro groups is 1. The Morgan fingerprint density at radius 1 is 1.13 bits per heavy atom. The van der Waals surface area contributed by atoms with Crippen LogP contribution in [0.15, 0.2) is 55.1 Å². The average molecular weight is 639 g/mol. The first kappa shape index (κ1) is 35.1. The number of nitro benzene ring substituents is 1. The van der Waals surface area contributed by atoms with Gasteiger partial charge in [0.15, 0.2) is 14.1 Å². The molecule has 2 aromatic rings. The molecule has 0 spiro atoms. The summed E-state index contributed by atoms with van der Waals surface area (Å²) in [6.07, 6.45) is -0.0826. The number of Topliss-reactive ketones (excluding diaryl/α,β-unsaturated/α-hetero) is 1. The van der Waals surface area contributed by atoms with Crippen molar-refractivity contribution in [2.24, 2.45) is 5.92 Å². The Hall–Kier alpha value is -4.36. The maximum Gasteiger partial charge on any atom is 0.411 e. The molecule has 1 radical (unpaired) electrons. The number of carbonyl (C=O) groups is 4. The van der Waals surface area contributed by atoms with E-state index >= 15 is 0 Å². The zero-order valence-electron chi connectivity index (χ0n) is 26.5. The van der Waals surface area contributed by atoms with Crippen molar-refractivity contribution in [3.8, 4) is 0 Å². The third-order valence-corrected chi connectivity index (χ3v) is 12.6. The van der Waals surface area contributed by atoms with Gasteiger partial charge in [0.05, 0.1) is 29.4 Å². The Labute approximate surface area is 263 Å². The number of ketones is 1. The number of rotatable bonds is 14. The number of esters is 1. The third kappa shape index (κ3) is 9.32. The SMILES string of the molecule is C=CCOC(=O)Nc1cc(C(=O)C[C@H]2[N]C(=O)[C@@H]2[C@@H](C)O[Si](C)(C)C(C)(C)C)ccc1CC(=O)OCc1ccc([N+](=O)[O-])cc1. The summed E-state index contributed by atoms with van der Waals surface area (Å²) in [5, 5.41) is 17.4. The van der Waals surface area contributed by atoms with Gasteiger partial charge >= 0.3 is 12.1 Å². The standard InChI is InChI=1S/C32H40N3O9Si/c1-8-15-42-31(39)34-25-16-23(12-11-22(25)17-28(37)43-19-21-9-13-24(14-10-21)35(40)41)27(36)18-26-29(30(38)33-26)20(2)44-45(6,7)32(3,4)5/h8-14,16,20,26,29H,1,15,17-19H2,2-7H3,(H,34,39)/t20-,26-,29-/m1/s1. The molecule has 1 N–H and O–H groups in total. The van der Waals surface area contributed by atoms with Gasteiger partial charge < -0.3 is 13.9 Å². The molecule has 0 bridgehead atoms. The molecule has 2 amide bonds. The van der Waals surface area contributed by atoms with Crippen molar-refractivity contribution in [2.75, 3.05) is 11.9 Å². The number of hydrogen-bond donors (Lipinski definition) is 1. The molecule has 241 valence electrons. The van der Waals surface area contributed by atoms with E-state index in [9.17, 15) is 29.3 Å². The molecule has 0 aromatic heterocycles. The second-order valence-electron chi connectivity index (χ2n) is 12.4. The molecule has 12 nitrogen and oxygen atoms in total. The summed E-state index contributed by atoms with van der Waals surface area (Å²) < 4.78 is 16.7. The van der Waals surface area contributed by atoms with Gasteiger partial charge in [0.25, 0.3) is 5.69 Å². The van der Waals surface area contributed by atoms with E-state index in [4.69, 9.17) is 13.9 Å². The highest BCUT2D eigenvalue weighted by Gasteiger charge is 2.49. The molecule has 1 aliphatic rings. The summed E-state index contributed by atoms with van der Waals surface area (Å²) in [6, 6.07) is 9.58. The lowest BCUT2D eigenvalue weighted by Crippen LogP contribution is -2.60. The predicted molar refractivity (Wildman–Crippen MR) is 169 cm³/mol. The van der Waals surface area contributed by atoms with Crippen LogP contribution in [0.4, 0.5) is 16.2 Å². The lowest BCUT2D eigenvalue weighted by atomic mass is 9.82. The average Bonchev–Trinajstić information content (AvgIpc) is 2.94. The molecule has 3 atom stereocenters. The van der Waals surface area contributed by atoms with Crippen LogP contribution < -0.4 is 10.6 Å². The van der Waals surface area contributed by atoms with Crippen molar-refractivity contribution < 1.29 is 38.0 Å². The molecule has 3 rings (SSSR count). The first-order chi connectivity index (χ1) is 21.0. The van der Waals surface area contributed by atoms with Crippen LogP contribution in [0.3, 0.4) is 0 Å². The van der Waals surface area contributed by atoms with Crippen molar-refractivity contribution in [3.63, 3.8) is 0 Å². The number of non-ortho nitro benzene ring substituents is 1. The van der Waals surface area contributed by atoms with E-state index in [1.165, 1.54) is 48.5 Å². The first-order valence-corrected chi connectivity index (χ1v) is 17.5. The fourth-order valence-corrected chi connectivity index (χ4v) is 5.94. The second-order valence-corrected chi connectivity index (χ2v) is 17.2. The third-order valence-electron chi connectivity index (χ3n) is 8.06. The van der Waals surface area contributed by atoms with E-state index in [1.54, 1.807) is 0 Å². The van der Waals surface area contributed by atoms with Crippen LogP contribution in [-0.4, -0.2) is 55.7 Å². The highest BCUT2D eigenvalue weighted by molar-refractivity contribution is 6.74. The maximum absolute atomic E-state index is 13.3. The Morgan fingerprint density at radius 3 is 2.38 bits per heavy atom. The minimum Gasteiger partial charge on any atom is -0.461 e. The van der Waals surface area contributed by atoms with E-state index in [-0.39, 0.29) is 59.7 Å². The van der Waals surface area contributed by atoms with Gasteiger partial charge in [-0.05, 0) is 54.4 Å². The molecule has 1 heterocycles. The quantitative estimate of drug-likeness (QED) is 0.0517. The minimum absolute atomic E-state index is 0.0292. The van der Waals surface area contributed by atoms with Crippen LogP contribution in [0.25, 0.3) is 0 Å². The van der Waals surface area contributed by atoms with Crippen molar-refractivity contribution in [1.29, 1.82) is 0 Å². The lowest BCUT2D eigenvalue weighted by molar-refractivity contribution is -0.384. The molecule has 2 aromatic carbocycles.